The van der Waals surface area contributed by atoms with Crippen LogP contribution in [0.15, 0.2) is 103 Å². The van der Waals surface area contributed by atoms with Crippen LogP contribution in [0.4, 0.5) is 0 Å². The minimum absolute atomic E-state index is 0.214. The SMILES string of the molecule is c1ccc(COCC2COCCOCCOc3ccc4ccccc4c3-c3c(ccc4ccccc34)OCCOCCO2)cc1. The highest BCUT2D eigenvalue weighted by Gasteiger charge is 2.19. The quantitative estimate of drug-likeness (QED) is 0.216. The molecule has 1 heterocycles. The number of ether oxygens (including phenoxy) is 7. The fourth-order valence-corrected chi connectivity index (χ4v) is 5.52. The molecule has 0 saturated heterocycles. The minimum Gasteiger partial charge on any atom is -0.491 e. The highest BCUT2D eigenvalue weighted by atomic mass is 16.6. The van der Waals surface area contributed by atoms with Crippen molar-refractivity contribution in [3.63, 3.8) is 0 Å². The molecule has 0 fully saturated rings. The van der Waals surface area contributed by atoms with Crippen molar-refractivity contribution in [1.29, 1.82) is 0 Å². The predicted octanol–water partition coefficient (Wildman–Crippen LogP) is 7.08. The van der Waals surface area contributed by atoms with Crippen LogP contribution < -0.4 is 9.47 Å². The van der Waals surface area contributed by atoms with Crippen LogP contribution in [-0.4, -0.2) is 72.2 Å². The second-order valence-electron chi connectivity index (χ2n) is 10.8. The Hall–Kier alpha value is -3.98. The van der Waals surface area contributed by atoms with Crippen molar-refractivity contribution in [3.8, 4) is 22.6 Å². The summed E-state index contributed by atoms with van der Waals surface area (Å²) in [5.74, 6) is 1.57. The van der Waals surface area contributed by atoms with E-state index in [4.69, 9.17) is 33.2 Å². The first-order chi connectivity index (χ1) is 22.4. The smallest absolute Gasteiger partial charge is 0.128 e. The van der Waals surface area contributed by atoms with Crippen LogP contribution in [0.25, 0.3) is 32.7 Å². The molecule has 0 spiro atoms. The zero-order valence-corrected chi connectivity index (χ0v) is 25.5. The van der Waals surface area contributed by atoms with Gasteiger partial charge in [0.1, 0.15) is 30.8 Å². The Kier molecular flexibility index (Phi) is 11.3. The van der Waals surface area contributed by atoms with E-state index in [1.165, 1.54) is 0 Å². The largest absolute Gasteiger partial charge is 0.491 e. The van der Waals surface area contributed by atoms with Crippen molar-refractivity contribution in [2.75, 3.05) is 66.1 Å². The zero-order chi connectivity index (χ0) is 30.5. The van der Waals surface area contributed by atoms with E-state index in [1.54, 1.807) is 0 Å². The lowest BCUT2D eigenvalue weighted by Gasteiger charge is -2.20. The lowest BCUT2D eigenvalue weighted by atomic mass is 9.92. The van der Waals surface area contributed by atoms with Crippen LogP contribution in [0.3, 0.4) is 0 Å². The maximum atomic E-state index is 6.41. The van der Waals surface area contributed by atoms with Crippen LogP contribution in [0.2, 0.25) is 0 Å². The van der Waals surface area contributed by atoms with Gasteiger partial charge in [-0.15, -0.1) is 0 Å². The molecule has 234 valence electrons. The molecule has 5 aromatic carbocycles. The summed E-state index contributed by atoms with van der Waals surface area (Å²) >= 11 is 0. The standard InChI is InChI=1S/C38H40O7/c1-2-8-29(9-3-1)26-42-28-32-27-41-19-18-39-21-24-44-35-16-14-30-10-4-6-12-33(30)37(35)38-34-13-7-5-11-31(34)15-17-36(38)45-25-22-40-20-23-43-32/h1-17,32H,18-28H2. The molecule has 0 bridgehead atoms. The van der Waals surface area contributed by atoms with Crippen LogP contribution in [0.5, 0.6) is 11.5 Å². The average molecular weight is 609 g/mol. The molecule has 1 atom stereocenters. The van der Waals surface area contributed by atoms with Crippen molar-refractivity contribution >= 4 is 21.5 Å². The lowest BCUT2D eigenvalue weighted by molar-refractivity contribution is -0.0822. The van der Waals surface area contributed by atoms with Crippen LogP contribution in [0, 0.1) is 0 Å². The topological polar surface area (TPSA) is 64.6 Å². The van der Waals surface area contributed by atoms with E-state index in [9.17, 15) is 0 Å². The summed E-state index contributed by atoms with van der Waals surface area (Å²) in [5, 5.41) is 4.46. The second kappa shape index (κ2) is 16.4. The molecule has 1 aliphatic heterocycles. The number of hydrogen-bond donors (Lipinski definition) is 0. The molecule has 1 aliphatic rings. The minimum atomic E-state index is -0.214. The molecule has 7 heteroatoms. The summed E-state index contributed by atoms with van der Waals surface area (Å²) in [6, 6.07) is 35.1. The molecule has 0 N–H and O–H groups in total. The fourth-order valence-electron chi connectivity index (χ4n) is 5.52. The van der Waals surface area contributed by atoms with E-state index in [-0.39, 0.29) is 6.10 Å². The van der Waals surface area contributed by atoms with Crippen LogP contribution in [0.1, 0.15) is 5.56 Å². The van der Waals surface area contributed by atoms with Gasteiger partial charge in [-0.1, -0.05) is 91.0 Å². The van der Waals surface area contributed by atoms with Crippen LogP contribution in [-0.2, 0) is 30.3 Å². The van der Waals surface area contributed by atoms with Gasteiger partial charge in [0.05, 0.1) is 59.5 Å². The third kappa shape index (κ3) is 8.39. The first kappa shape index (κ1) is 31.0. The van der Waals surface area contributed by atoms with Crippen LogP contribution >= 0.6 is 0 Å². The van der Waals surface area contributed by atoms with Crippen molar-refractivity contribution in [2.45, 2.75) is 12.7 Å². The lowest BCUT2D eigenvalue weighted by Crippen LogP contribution is -2.28. The van der Waals surface area contributed by atoms with E-state index >= 15 is 0 Å². The Balaban J connectivity index is 1.18. The number of fused-ring (bicyclic) bond motifs is 7. The van der Waals surface area contributed by atoms with Gasteiger partial charge in [0.2, 0.25) is 0 Å². The molecule has 45 heavy (non-hydrogen) atoms. The highest BCUT2D eigenvalue weighted by Crippen LogP contribution is 2.45. The van der Waals surface area contributed by atoms with Gasteiger partial charge < -0.3 is 33.2 Å². The van der Waals surface area contributed by atoms with E-state index in [2.05, 4.69) is 60.7 Å². The Morgan fingerprint density at radius 3 is 1.69 bits per heavy atom. The highest BCUT2D eigenvalue weighted by molar-refractivity contribution is 6.09. The number of rotatable bonds is 4. The summed E-state index contributed by atoms with van der Waals surface area (Å²) in [6.07, 6.45) is -0.214. The molecule has 5 aromatic rings. The van der Waals surface area contributed by atoms with E-state index < -0.39 is 0 Å². The van der Waals surface area contributed by atoms with Crippen molar-refractivity contribution in [2.24, 2.45) is 0 Å². The molecular formula is C38H40O7. The number of hydrogen-bond acceptors (Lipinski definition) is 7. The first-order valence-electron chi connectivity index (χ1n) is 15.6. The van der Waals surface area contributed by atoms with Crippen molar-refractivity contribution < 1.29 is 33.2 Å². The monoisotopic (exact) mass is 608 g/mol. The molecule has 0 amide bonds. The van der Waals surface area contributed by atoms with E-state index in [0.29, 0.717) is 72.7 Å². The third-order valence-electron chi connectivity index (χ3n) is 7.67. The molecule has 1 unspecified atom stereocenters. The first-order valence-corrected chi connectivity index (χ1v) is 15.6. The summed E-state index contributed by atoms with van der Waals surface area (Å²) in [7, 11) is 0. The Labute approximate surface area is 264 Å². The fraction of sp³-hybridized carbons (Fsp3) is 0.316. The maximum Gasteiger partial charge on any atom is 0.128 e. The van der Waals surface area contributed by atoms with Crippen molar-refractivity contribution in [1.82, 2.24) is 0 Å². The second-order valence-corrected chi connectivity index (χ2v) is 10.8. The molecule has 0 saturated carbocycles. The van der Waals surface area contributed by atoms with Gasteiger partial charge in [-0.2, -0.15) is 0 Å². The Morgan fingerprint density at radius 2 is 1.04 bits per heavy atom. The van der Waals surface area contributed by atoms with Gasteiger partial charge in [-0.3, -0.25) is 0 Å². The van der Waals surface area contributed by atoms with Gasteiger partial charge >= 0.3 is 0 Å². The summed E-state index contributed by atoms with van der Waals surface area (Å²) in [6.45, 7) is 4.78. The molecule has 0 aliphatic carbocycles. The van der Waals surface area contributed by atoms with E-state index in [0.717, 1.165) is 49.7 Å². The zero-order valence-electron chi connectivity index (χ0n) is 25.5. The van der Waals surface area contributed by atoms with Gasteiger partial charge in [0.15, 0.2) is 0 Å². The Bertz CT molecular complexity index is 1640. The van der Waals surface area contributed by atoms with Gasteiger partial charge in [0.25, 0.3) is 0 Å². The molecular weight excluding hydrogens is 568 g/mol. The van der Waals surface area contributed by atoms with Gasteiger partial charge in [-0.25, -0.2) is 0 Å². The molecule has 0 radical (unpaired) electrons. The van der Waals surface area contributed by atoms with Gasteiger partial charge in [-0.05, 0) is 39.2 Å². The molecule has 0 aromatic heterocycles. The van der Waals surface area contributed by atoms with E-state index in [1.807, 2.05) is 42.5 Å². The maximum absolute atomic E-state index is 6.41. The summed E-state index contributed by atoms with van der Waals surface area (Å²) in [4.78, 5) is 0. The normalized spacial score (nSPS) is 17.5. The third-order valence-corrected chi connectivity index (χ3v) is 7.67. The predicted molar refractivity (Wildman–Crippen MR) is 176 cm³/mol. The van der Waals surface area contributed by atoms with Crippen molar-refractivity contribution in [3.05, 3.63) is 109 Å². The summed E-state index contributed by atoms with van der Waals surface area (Å²) < 4.78 is 42.5. The summed E-state index contributed by atoms with van der Waals surface area (Å²) in [5.41, 5.74) is 3.13. The average Bonchev–Trinajstić information content (AvgIpc) is 3.08. The molecule has 6 rings (SSSR count). The molecule has 7 nitrogen and oxygen atoms in total. The number of benzene rings is 5. The Morgan fingerprint density at radius 1 is 0.511 bits per heavy atom. The van der Waals surface area contributed by atoms with Gasteiger partial charge in [0, 0.05) is 11.1 Å².